The molecule has 27 heavy (non-hydrogen) atoms. The second kappa shape index (κ2) is 8.11. The molecule has 1 aromatic carbocycles. The first-order valence-electron chi connectivity index (χ1n) is 8.95. The maximum absolute atomic E-state index is 12.4. The van der Waals surface area contributed by atoms with Crippen LogP contribution in [0.4, 0.5) is 5.69 Å². The van der Waals surface area contributed by atoms with Gasteiger partial charge in [0.25, 0.3) is 11.6 Å². The van der Waals surface area contributed by atoms with E-state index in [1.165, 1.54) is 18.2 Å². The third-order valence-corrected chi connectivity index (χ3v) is 4.56. The van der Waals surface area contributed by atoms with Gasteiger partial charge in [0.1, 0.15) is 6.10 Å². The molecule has 0 radical (unpaired) electrons. The van der Waals surface area contributed by atoms with E-state index in [4.69, 9.17) is 4.74 Å². The van der Waals surface area contributed by atoms with E-state index in [1.807, 2.05) is 19.9 Å². The Hall–Kier alpha value is -3.03. The van der Waals surface area contributed by atoms with Crippen LogP contribution in [0, 0.1) is 24.0 Å². The number of hydrogen-bond donors (Lipinski definition) is 1. The molecule has 8 nitrogen and oxygen atoms in total. The minimum atomic E-state index is -0.506. The highest BCUT2D eigenvalue weighted by atomic mass is 16.6. The number of non-ortho nitro benzene ring substituents is 1. The van der Waals surface area contributed by atoms with Crippen molar-refractivity contribution >= 4 is 11.6 Å². The zero-order valence-electron chi connectivity index (χ0n) is 15.3. The molecule has 1 aliphatic rings. The van der Waals surface area contributed by atoms with Gasteiger partial charge >= 0.3 is 6.01 Å². The molecule has 1 fully saturated rings. The second-order valence-corrected chi connectivity index (χ2v) is 6.81. The number of amides is 1. The van der Waals surface area contributed by atoms with Gasteiger partial charge in [-0.05, 0) is 51.7 Å². The van der Waals surface area contributed by atoms with Crippen molar-refractivity contribution in [1.82, 2.24) is 15.3 Å². The van der Waals surface area contributed by atoms with E-state index in [0.717, 1.165) is 37.1 Å². The summed E-state index contributed by atoms with van der Waals surface area (Å²) in [6.45, 7) is 3.81. The summed E-state index contributed by atoms with van der Waals surface area (Å²) in [6, 6.07) is 8.08. The number of nitrogens with zero attached hydrogens (tertiary/aromatic N) is 3. The van der Waals surface area contributed by atoms with E-state index in [-0.39, 0.29) is 23.7 Å². The molecule has 142 valence electrons. The predicted octanol–water partition coefficient (Wildman–Crippen LogP) is 3.12. The molecule has 1 N–H and O–H groups in total. The lowest BCUT2D eigenvalue weighted by molar-refractivity contribution is -0.384. The number of aromatic nitrogens is 2. The maximum atomic E-state index is 12.4. The fourth-order valence-electron chi connectivity index (χ4n) is 3.25. The summed E-state index contributed by atoms with van der Waals surface area (Å²) >= 11 is 0. The summed E-state index contributed by atoms with van der Waals surface area (Å²) in [6.07, 6.45) is 3.15. The van der Waals surface area contributed by atoms with Gasteiger partial charge in [0, 0.05) is 35.1 Å². The molecule has 0 aliphatic heterocycles. The van der Waals surface area contributed by atoms with Crippen LogP contribution in [0.5, 0.6) is 6.01 Å². The smallest absolute Gasteiger partial charge is 0.317 e. The second-order valence-electron chi connectivity index (χ2n) is 6.81. The van der Waals surface area contributed by atoms with Gasteiger partial charge in [-0.2, -0.15) is 0 Å². The van der Waals surface area contributed by atoms with Crippen molar-refractivity contribution in [2.75, 3.05) is 0 Å². The number of ether oxygens (including phenoxy) is 1. The average Bonchev–Trinajstić information content (AvgIpc) is 2.62. The Labute approximate surface area is 157 Å². The van der Waals surface area contributed by atoms with E-state index < -0.39 is 4.92 Å². The van der Waals surface area contributed by atoms with Crippen molar-refractivity contribution in [2.24, 2.45) is 0 Å². The van der Waals surface area contributed by atoms with Crippen molar-refractivity contribution in [3.05, 3.63) is 57.4 Å². The monoisotopic (exact) mass is 370 g/mol. The van der Waals surface area contributed by atoms with Gasteiger partial charge in [0.05, 0.1) is 4.92 Å². The Morgan fingerprint density at radius 3 is 2.44 bits per heavy atom. The molecule has 0 bridgehead atoms. The molecule has 0 unspecified atom stereocenters. The molecule has 0 spiro atoms. The number of carbonyl (C=O) groups is 1. The van der Waals surface area contributed by atoms with Crippen LogP contribution < -0.4 is 10.1 Å². The summed E-state index contributed by atoms with van der Waals surface area (Å²) in [5.74, 6) is -0.291. The SMILES string of the molecule is Cc1cc(C)nc(OC2CCC(NC(=O)c3cccc([N+](=O)[O-])c3)CC2)n1. The van der Waals surface area contributed by atoms with Crippen molar-refractivity contribution in [1.29, 1.82) is 0 Å². The summed E-state index contributed by atoms with van der Waals surface area (Å²) < 4.78 is 5.89. The molecule has 1 amide bonds. The van der Waals surface area contributed by atoms with E-state index in [1.54, 1.807) is 6.07 Å². The van der Waals surface area contributed by atoms with Crippen LogP contribution in [0.15, 0.2) is 30.3 Å². The lowest BCUT2D eigenvalue weighted by Crippen LogP contribution is -2.39. The van der Waals surface area contributed by atoms with Gasteiger partial charge in [0.15, 0.2) is 0 Å². The fourth-order valence-corrected chi connectivity index (χ4v) is 3.25. The highest BCUT2D eigenvalue weighted by Crippen LogP contribution is 2.23. The summed E-state index contributed by atoms with van der Waals surface area (Å²) in [7, 11) is 0. The zero-order valence-corrected chi connectivity index (χ0v) is 15.3. The number of carbonyl (C=O) groups excluding carboxylic acids is 1. The van der Waals surface area contributed by atoms with Crippen LogP contribution in [0.25, 0.3) is 0 Å². The standard InChI is InChI=1S/C19H22N4O4/c1-12-10-13(2)21-19(20-12)27-17-8-6-15(7-9-17)22-18(24)14-4-3-5-16(11-14)23(25)26/h3-5,10-11,15,17H,6-9H2,1-2H3,(H,22,24). The summed E-state index contributed by atoms with van der Waals surface area (Å²) in [5, 5.41) is 13.8. The minimum absolute atomic E-state index is 0.0248. The fraction of sp³-hybridized carbons (Fsp3) is 0.421. The van der Waals surface area contributed by atoms with Crippen LogP contribution in [-0.4, -0.2) is 32.9 Å². The highest BCUT2D eigenvalue weighted by Gasteiger charge is 2.25. The zero-order chi connectivity index (χ0) is 19.4. The Morgan fingerprint density at radius 1 is 1.15 bits per heavy atom. The lowest BCUT2D eigenvalue weighted by atomic mass is 9.92. The number of hydrogen-bond acceptors (Lipinski definition) is 6. The molecule has 8 heteroatoms. The summed E-state index contributed by atoms with van der Waals surface area (Å²) in [5.41, 5.74) is 1.95. The first kappa shape index (κ1) is 18.8. The van der Waals surface area contributed by atoms with Gasteiger partial charge in [0.2, 0.25) is 0 Å². The van der Waals surface area contributed by atoms with Gasteiger partial charge in [-0.3, -0.25) is 14.9 Å². The van der Waals surface area contributed by atoms with Crippen LogP contribution in [0.1, 0.15) is 47.4 Å². The number of rotatable bonds is 5. The minimum Gasteiger partial charge on any atom is -0.460 e. The molecule has 0 atom stereocenters. The molecular weight excluding hydrogens is 348 g/mol. The Bertz CT molecular complexity index is 827. The molecule has 1 saturated carbocycles. The first-order chi connectivity index (χ1) is 12.9. The normalized spacial score (nSPS) is 19.3. The third kappa shape index (κ3) is 4.99. The van der Waals surface area contributed by atoms with Crippen LogP contribution in [-0.2, 0) is 0 Å². The lowest BCUT2D eigenvalue weighted by Gasteiger charge is -2.29. The van der Waals surface area contributed by atoms with E-state index in [9.17, 15) is 14.9 Å². The number of aryl methyl sites for hydroxylation is 2. The molecule has 3 rings (SSSR count). The molecule has 1 aromatic heterocycles. The Kier molecular flexibility index (Phi) is 5.63. The van der Waals surface area contributed by atoms with Crippen LogP contribution in [0.3, 0.4) is 0 Å². The number of nitrogens with one attached hydrogen (secondary N) is 1. The molecule has 2 aromatic rings. The largest absolute Gasteiger partial charge is 0.460 e. The summed E-state index contributed by atoms with van der Waals surface area (Å²) in [4.78, 5) is 31.3. The van der Waals surface area contributed by atoms with Gasteiger partial charge in [-0.1, -0.05) is 6.07 Å². The molecule has 1 heterocycles. The van der Waals surface area contributed by atoms with Gasteiger partial charge in [-0.25, -0.2) is 9.97 Å². The van der Waals surface area contributed by atoms with Crippen molar-refractivity contribution < 1.29 is 14.5 Å². The predicted molar refractivity (Wildman–Crippen MR) is 98.7 cm³/mol. The molecular formula is C19H22N4O4. The number of nitro benzene ring substituents is 1. The molecule has 0 saturated heterocycles. The van der Waals surface area contributed by atoms with Crippen LogP contribution >= 0.6 is 0 Å². The van der Waals surface area contributed by atoms with Crippen molar-refractivity contribution in [2.45, 2.75) is 51.7 Å². The highest BCUT2D eigenvalue weighted by molar-refractivity contribution is 5.95. The quantitative estimate of drug-likeness (QED) is 0.640. The first-order valence-corrected chi connectivity index (χ1v) is 8.95. The van der Waals surface area contributed by atoms with Gasteiger partial charge in [-0.15, -0.1) is 0 Å². The Morgan fingerprint density at radius 2 is 1.81 bits per heavy atom. The van der Waals surface area contributed by atoms with E-state index in [2.05, 4.69) is 15.3 Å². The van der Waals surface area contributed by atoms with Crippen molar-refractivity contribution in [3.8, 4) is 6.01 Å². The maximum Gasteiger partial charge on any atom is 0.317 e. The number of benzene rings is 1. The molecule has 1 aliphatic carbocycles. The van der Waals surface area contributed by atoms with E-state index in [0.29, 0.717) is 11.6 Å². The Balaban J connectivity index is 1.52. The average molecular weight is 370 g/mol. The third-order valence-electron chi connectivity index (χ3n) is 4.56. The van der Waals surface area contributed by atoms with E-state index >= 15 is 0 Å². The van der Waals surface area contributed by atoms with Crippen molar-refractivity contribution in [3.63, 3.8) is 0 Å². The number of nitro groups is 1. The van der Waals surface area contributed by atoms with Gasteiger partial charge < -0.3 is 10.1 Å². The topological polar surface area (TPSA) is 107 Å². The van der Waals surface area contributed by atoms with Crippen LogP contribution in [0.2, 0.25) is 0 Å².